The highest BCUT2D eigenvalue weighted by molar-refractivity contribution is 6.10. The minimum Gasteiger partial charge on any atom is -0.416 e. The molecule has 0 fully saturated rings. The monoisotopic (exact) mass is 568 g/mol. The molecule has 0 N–H and O–H groups in total. The molecule has 0 bridgehead atoms. The molecule has 0 aliphatic rings. The summed E-state index contributed by atoms with van der Waals surface area (Å²) in [5, 5.41) is 11.1. The number of benzene rings is 6. The van der Waals surface area contributed by atoms with Crippen molar-refractivity contribution in [1.82, 2.24) is 14.8 Å². The van der Waals surface area contributed by atoms with Crippen LogP contribution in [0.15, 0.2) is 156 Å². The Morgan fingerprint density at radius 1 is 0.500 bits per heavy atom. The van der Waals surface area contributed by atoms with E-state index in [2.05, 4.69) is 142 Å². The van der Waals surface area contributed by atoms with Crippen LogP contribution in [-0.4, -0.2) is 14.8 Å². The zero-order valence-electron chi connectivity index (χ0n) is 24.1. The van der Waals surface area contributed by atoms with E-state index >= 15 is 0 Å². The molecule has 6 aromatic carbocycles. The Balaban J connectivity index is 1.22. The first-order valence-electron chi connectivity index (χ1n) is 14.7. The zero-order valence-corrected chi connectivity index (χ0v) is 24.1. The largest absolute Gasteiger partial charge is 0.416 e. The zero-order chi connectivity index (χ0) is 29.5. The van der Waals surface area contributed by atoms with Crippen molar-refractivity contribution in [3.8, 4) is 28.6 Å². The SMILES string of the molecule is Cc1cccc(-c2nnc(-c3ccc(N(c4ccccc4)c4ccc5c(c4)c4ccccc4n5-c4ccccc4)cc3)o2)c1. The van der Waals surface area contributed by atoms with Crippen molar-refractivity contribution in [3.63, 3.8) is 0 Å². The van der Waals surface area contributed by atoms with E-state index in [1.807, 2.05) is 36.4 Å². The molecule has 0 spiro atoms. The van der Waals surface area contributed by atoms with Gasteiger partial charge in [0, 0.05) is 44.6 Å². The van der Waals surface area contributed by atoms with Crippen molar-refractivity contribution in [2.24, 2.45) is 0 Å². The van der Waals surface area contributed by atoms with E-state index < -0.39 is 0 Å². The van der Waals surface area contributed by atoms with Crippen LogP contribution < -0.4 is 4.90 Å². The molecule has 5 heteroatoms. The van der Waals surface area contributed by atoms with E-state index in [4.69, 9.17) is 4.42 Å². The average Bonchev–Trinajstić information content (AvgIpc) is 3.70. The second-order valence-electron chi connectivity index (χ2n) is 10.9. The first-order chi connectivity index (χ1) is 21.7. The highest BCUT2D eigenvalue weighted by Crippen LogP contribution is 2.40. The summed E-state index contributed by atoms with van der Waals surface area (Å²) < 4.78 is 8.41. The minimum atomic E-state index is 0.495. The lowest BCUT2D eigenvalue weighted by Crippen LogP contribution is -2.09. The number of para-hydroxylation sites is 3. The molecule has 0 aliphatic carbocycles. The molecule has 0 unspecified atom stereocenters. The molecular weight excluding hydrogens is 540 g/mol. The minimum absolute atomic E-state index is 0.495. The van der Waals surface area contributed by atoms with E-state index in [-0.39, 0.29) is 0 Å². The van der Waals surface area contributed by atoms with Gasteiger partial charge in [-0.1, -0.05) is 72.3 Å². The van der Waals surface area contributed by atoms with Gasteiger partial charge in [-0.3, -0.25) is 0 Å². The number of anilines is 3. The van der Waals surface area contributed by atoms with Crippen LogP contribution in [0, 0.1) is 6.92 Å². The second-order valence-corrected chi connectivity index (χ2v) is 10.9. The molecule has 8 rings (SSSR count). The van der Waals surface area contributed by atoms with Crippen LogP contribution in [0.5, 0.6) is 0 Å². The normalized spacial score (nSPS) is 11.3. The van der Waals surface area contributed by atoms with Gasteiger partial charge in [0.25, 0.3) is 0 Å². The van der Waals surface area contributed by atoms with Crippen molar-refractivity contribution in [2.45, 2.75) is 6.92 Å². The maximum atomic E-state index is 6.07. The standard InChI is InChI=1S/C39H28N4O/c1-27-11-10-12-29(25-27)39-41-40-38(44-39)28-19-21-32(22-20-28)42(30-13-4-2-5-14-30)33-23-24-37-35(26-33)34-17-8-9-18-36(34)43(37)31-15-6-3-7-16-31/h2-26H,1H3. The van der Waals surface area contributed by atoms with Crippen molar-refractivity contribution in [3.05, 3.63) is 157 Å². The summed E-state index contributed by atoms with van der Waals surface area (Å²) in [5.41, 5.74) is 9.62. The molecule has 8 aromatic rings. The third-order valence-corrected chi connectivity index (χ3v) is 8.01. The van der Waals surface area contributed by atoms with Gasteiger partial charge in [0.2, 0.25) is 11.8 Å². The van der Waals surface area contributed by atoms with Gasteiger partial charge >= 0.3 is 0 Å². The maximum Gasteiger partial charge on any atom is 0.248 e. The van der Waals surface area contributed by atoms with E-state index in [9.17, 15) is 0 Å². The smallest absolute Gasteiger partial charge is 0.248 e. The van der Waals surface area contributed by atoms with E-state index in [0.717, 1.165) is 39.4 Å². The summed E-state index contributed by atoms with van der Waals surface area (Å²) in [5.74, 6) is 1.01. The number of aryl methyl sites for hydroxylation is 1. The lowest BCUT2D eigenvalue weighted by Gasteiger charge is -2.25. The Morgan fingerprint density at radius 3 is 1.91 bits per heavy atom. The average molecular weight is 569 g/mol. The van der Waals surface area contributed by atoms with E-state index in [0.29, 0.717) is 11.8 Å². The number of hydrogen-bond donors (Lipinski definition) is 0. The van der Waals surface area contributed by atoms with E-state index in [1.165, 1.54) is 21.8 Å². The molecule has 44 heavy (non-hydrogen) atoms. The number of aromatic nitrogens is 3. The Morgan fingerprint density at radius 2 is 1.14 bits per heavy atom. The molecule has 5 nitrogen and oxygen atoms in total. The number of nitrogens with zero attached hydrogens (tertiary/aromatic N) is 4. The molecule has 2 heterocycles. The topological polar surface area (TPSA) is 47.1 Å². The first-order valence-corrected chi connectivity index (χ1v) is 14.7. The third kappa shape index (κ3) is 4.52. The summed E-state index contributed by atoms with van der Waals surface area (Å²) in [7, 11) is 0. The second kappa shape index (κ2) is 10.7. The highest BCUT2D eigenvalue weighted by atomic mass is 16.4. The maximum absolute atomic E-state index is 6.07. The molecule has 2 aromatic heterocycles. The van der Waals surface area contributed by atoms with Gasteiger partial charge in [-0.05, 0) is 91.9 Å². The summed E-state index contributed by atoms with van der Waals surface area (Å²) >= 11 is 0. The predicted molar refractivity (Wildman–Crippen MR) is 179 cm³/mol. The fraction of sp³-hybridized carbons (Fsp3) is 0.0256. The van der Waals surface area contributed by atoms with Crippen LogP contribution in [-0.2, 0) is 0 Å². The molecule has 0 aliphatic heterocycles. The van der Waals surface area contributed by atoms with Gasteiger partial charge < -0.3 is 13.9 Å². The number of hydrogen-bond acceptors (Lipinski definition) is 4. The predicted octanol–water partition coefficient (Wildman–Crippen LogP) is 10.3. The number of rotatable bonds is 6. The number of fused-ring (bicyclic) bond motifs is 3. The quantitative estimate of drug-likeness (QED) is 0.200. The molecule has 0 atom stereocenters. The van der Waals surface area contributed by atoms with Crippen LogP contribution >= 0.6 is 0 Å². The highest BCUT2D eigenvalue weighted by Gasteiger charge is 2.18. The Hall–Kier alpha value is -5.94. The van der Waals surface area contributed by atoms with Crippen molar-refractivity contribution in [2.75, 3.05) is 4.90 Å². The van der Waals surface area contributed by atoms with E-state index in [1.54, 1.807) is 0 Å². The summed E-state index contributed by atoms with van der Waals surface area (Å²) in [6.07, 6.45) is 0. The lowest BCUT2D eigenvalue weighted by atomic mass is 10.1. The van der Waals surface area contributed by atoms with Crippen molar-refractivity contribution < 1.29 is 4.42 Å². The lowest BCUT2D eigenvalue weighted by molar-refractivity contribution is 0.584. The van der Waals surface area contributed by atoms with Gasteiger partial charge in [0.15, 0.2) is 0 Å². The van der Waals surface area contributed by atoms with Crippen LogP contribution in [0.25, 0.3) is 50.4 Å². The van der Waals surface area contributed by atoms with Crippen LogP contribution in [0.2, 0.25) is 0 Å². The van der Waals surface area contributed by atoms with Crippen LogP contribution in [0.4, 0.5) is 17.1 Å². The van der Waals surface area contributed by atoms with Gasteiger partial charge in [-0.25, -0.2) is 0 Å². The van der Waals surface area contributed by atoms with Gasteiger partial charge in [0.1, 0.15) is 0 Å². The van der Waals surface area contributed by atoms with Gasteiger partial charge in [-0.15, -0.1) is 10.2 Å². The Kier molecular flexibility index (Phi) is 6.27. The van der Waals surface area contributed by atoms with Crippen LogP contribution in [0.3, 0.4) is 0 Å². The Bertz CT molecular complexity index is 2230. The van der Waals surface area contributed by atoms with Crippen molar-refractivity contribution in [1.29, 1.82) is 0 Å². The molecule has 0 saturated carbocycles. The van der Waals surface area contributed by atoms with Crippen LogP contribution in [0.1, 0.15) is 5.56 Å². The molecule has 210 valence electrons. The fourth-order valence-corrected chi connectivity index (χ4v) is 5.97. The molecular formula is C39H28N4O. The Labute approximate surface area is 255 Å². The van der Waals surface area contributed by atoms with Crippen molar-refractivity contribution >= 4 is 38.9 Å². The first kappa shape index (κ1) is 25.7. The van der Waals surface area contributed by atoms with Gasteiger partial charge in [0.05, 0.1) is 11.0 Å². The summed E-state index contributed by atoms with van der Waals surface area (Å²) in [4.78, 5) is 2.28. The molecule has 0 radical (unpaired) electrons. The third-order valence-electron chi connectivity index (χ3n) is 8.01. The molecule has 0 amide bonds. The summed E-state index contributed by atoms with van der Waals surface area (Å²) in [6, 6.07) is 52.7. The summed E-state index contributed by atoms with van der Waals surface area (Å²) in [6.45, 7) is 2.05. The molecule has 0 saturated heterocycles. The fourth-order valence-electron chi connectivity index (χ4n) is 5.97. The van der Waals surface area contributed by atoms with Gasteiger partial charge in [-0.2, -0.15) is 0 Å².